The van der Waals surface area contributed by atoms with E-state index in [0.717, 1.165) is 57.8 Å². The summed E-state index contributed by atoms with van der Waals surface area (Å²) >= 11 is 5.44. The molecule has 4 nitrogen and oxygen atoms in total. The van der Waals surface area contributed by atoms with Gasteiger partial charge in [-0.15, -0.1) is 11.3 Å². The Morgan fingerprint density at radius 1 is 1.10 bits per heavy atom. The van der Waals surface area contributed by atoms with Crippen LogP contribution in [0.15, 0.2) is 10.7 Å². The van der Waals surface area contributed by atoms with Gasteiger partial charge in [0.2, 0.25) is 0 Å². The summed E-state index contributed by atoms with van der Waals surface area (Å²) in [6.45, 7) is 16.6. The third-order valence-electron chi connectivity index (χ3n) is 5.28. The maximum Gasteiger partial charge on any atom is 1.00 e. The molecule has 0 radical (unpaired) electrons. The number of thiazole rings is 1. The second-order valence-electron chi connectivity index (χ2n) is 7.72. The molecule has 0 atom stereocenters. The van der Waals surface area contributed by atoms with Crippen LogP contribution in [-0.2, 0) is 6.42 Å². The van der Waals surface area contributed by atoms with Crippen molar-refractivity contribution in [2.75, 3.05) is 0 Å². The topological polar surface area (TPSA) is 43.1 Å². The van der Waals surface area contributed by atoms with E-state index in [1.165, 1.54) is 30.0 Å². The predicted octanol–water partition coefficient (Wildman–Crippen LogP) is 5.10. The Labute approximate surface area is 213 Å². The summed E-state index contributed by atoms with van der Waals surface area (Å²) in [7, 11) is 0. The van der Waals surface area contributed by atoms with Gasteiger partial charge in [-0.1, -0.05) is 40.5 Å². The maximum atomic E-state index is 4.87. The van der Waals surface area contributed by atoms with Crippen molar-refractivity contribution >= 4 is 32.9 Å². The van der Waals surface area contributed by atoms with Crippen LogP contribution in [0.3, 0.4) is 0 Å². The average Bonchev–Trinajstić information content (AvgIpc) is 3.25. The molecule has 0 N–H and O–H groups in total. The number of rotatable bonds is 8. The molecule has 0 aromatic carbocycles. The molecule has 0 bridgehead atoms. The van der Waals surface area contributed by atoms with Crippen LogP contribution >= 0.6 is 27.3 Å². The minimum atomic E-state index is 0. The van der Waals surface area contributed by atoms with Gasteiger partial charge in [0.1, 0.15) is 4.60 Å². The first-order chi connectivity index (χ1) is 14.4. The van der Waals surface area contributed by atoms with Crippen LogP contribution < -0.4 is 18.9 Å². The van der Waals surface area contributed by atoms with Crippen molar-refractivity contribution in [1.29, 1.82) is 0 Å². The molecule has 0 unspecified atom stereocenters. The van der Waals surface area contributed by atoms with Gasteiger partial charge in [0, 0.05) is 17.3 Å². The smallest absolute Gasteiger partial charge is 0.343 e. The van der Waals surface area contributed by atoms with Crippen molar-refractivity contribution in [3.8, 4) is 10.4 Å². The molecule has 3 heterocycles. The van der Waals surface area contributed by atoms with E-state index >= 15 is 0 Å². The minimum Gasteiger partial charge on any atom is -0.343 e. The zero-order chi connectivity index (χ0) is 22.3. The summed E-state index contributed by atoms with van der Waals surface area (Å²) < 4.78 is 2.98. The van der Waals surface area contributed by atoms with Crippen molar-refractivity contribution in [2.24, 2.45) is 0 Å². The van der Waals surface area contributed by atoms with E-state index in [1.54, 1.807) is 11.3 Å². The van der Waals surface area contributed by atoms with Gasteiger partial charge in [-0.2, -0.15) is 11.5 Å². The molecule has 3 aromatic heterocycles. The molecule has 0 amide bonds. The SMILES string of the molecule is CCCCc1nc(Br)c(-c2c(C)nn3c(C(CC)CC)cc(C)nc23)s1.[CH2-]CCC.[Li+]. The Balaban J connectivity index is 0.000000885. The van der Waals surface area contributed by atoms with Crippen LogP contribution in [0.2, 0.25) is 0 Å². The van der Waals surface area contributed by atoms with E-state index in [9.17, 15) is 0 Å². The fourth-order valence-corrected chi connectivity index (χ4v) is 5.33. The molecule has 166 valence electrons. The van der Waals surface area contributed by atoms with E-state index < -0.39 is 0 Å². The van der Waals surface area contributed by atoms with Gasteiger partial charge in [-0.3, -0.25) is 0 Å². The molecule has 31 heavy (non-hydrogen) atoms. The maximum absolute atomic E-state index is 4.87. The number of nitrogens with zero attached hydrogens (tertiary/aromatic N) is 4. The minimum absolute atomic E-state index is 0. The van der Waals surface area contributed by atoms with E-state index in [0.29, 0.717) is 5.92 Å². The van der Waals surface area contributed by atoms with Crippen LogP contribution in [-0.4, -0.2) is 19.6 Å². The van der Waals surface area contributed by atoms with Gasteiger partial charge in [0.25, 0.3) is 0 Å². The number of aryl methyl sites for hydroxylation is 3. The monoisotopic (exact) mass is 498 g/mol. The van der Waals surface area contributed by atoms with Crippen molar-refractivity contribution in [2.45, 2.75) is 92.4 Å². The first-order valence-electron chi connectivity index (χ1n) is 11.2. The molecule has 7 heteroatoms. The summed E-state index contributed by atoms with van der Waals surface area (Å²) in [5, 5.41) is 6.05. The molecule has 0 spiro atoms. The third-order valence-corrected chi connectivity index (χ3v) is 7.25. The van der Waals surface area contributed by atoms with Gasteiger partial charge >= 0.3 is 18.9 Å². The Kier molecular flexibility index (Phi) is 12.6. The molecule has 0 aliphatic heterocycles. The van der Waals surface area contributed by atoms with E-state index in [-0.39, 0.29) is 18.9 Å². The Morgan fingerprint density at radius 3 is 2.29 bits per heavy atom. The summed E-state index contributed by atoms with van der Waals surface area (Å²) in [6, 6.07) is 2.19. The van der Waals surface area contributed by atoms with Crippen molar-refractivity contribution in [3.63, 3.8) is 0 Å². The summed E-state index contributed by atoms with van der Waals surface area (Å²) in [5.41, 5.74) is 5.40. The first-order valence-corrected chi connectivity index (χ1v) is 12.8. The number of halogens is 1. The van der Waals surface area contributed by atoms with E-state index in [2.05, 4.69) is 75.0 Å². The zero-order valence-corrected chi connectivity index (χ0v) is 22.8. The zero-order valence-electron chi connectivity index (χ0n) is 20.4. The second-order valence-corrected chi connectivity index (χ2v) is 9.55. The number of unbranched alkanes of at least 4 members (excludes halogenated alkanes) is 2. The van der Waals surface area contributed by atoms with Crippen LogP contribution in [0.4, 0.5) is 0 Å². The molecule has 3 aromatic rings. The van der Waals surface area contributed by atoms with Crippen molar-refractivity contribution in [1.82, 2.24) is 19.6 Å². The normalized spacial score (nSPS) is 10.9. The fraction of sp³-hybridized carbons (Fsp3) is 0.583. The largest absolute Gasteiger partial charge is 1.00 e. The molecule has 3 rings (SSSR count). The quantitative estimate of drug-likeness (QED) is 0.320. The third kappa shape index (κ3) is 6.90. The summed E-state index contributed by atoms with van der Waals surface area (Å²) in [4.78, 5) is 10.7. The number of hydrogen-bond acceptors (Lipinski definition) is 4. The van der Waals surface area contributed by atoms with Gasteiger partial charge < -0.3 is 6.92 Å². The van der Waals surface area contributed by atoms with Crippen LogP contribution in [0, 0.1) is 20.8 Å². The molecule has 0 saturated carbocycles. The number of fused-ring (bicyclic) bond motifs is 1. The van der Waals surface area contributed by atoms with Crippen LogP contribution in [0.1, 0.15) is 94.2 Å². The van der Waals surface area contributed by atoms with Crippen LogP contribution in [0.25, 0.3) is 16.1 Å². The van der Waals surface area contributed by atoms with Crippen molar-refractivity contribution < 1.29 is 18.9 Å². The van der Waals surface area contributed by atoms with Crippen LogP contribution in [0.5, 0.6) is 0 Å². The van der Waals surface area contributed by atoms with E-state index in [1.807, 2.05) is 0 Å². The number of aromatic nitrogens is 4. The fourth-order valence-electron chi connectivity index (χ4n) is 3.47. The summed E-state index contributed by atoms with van der Waals surface area (Å²) in [5.74, 6) is 0.497. The molecule has 0 aliphatic carbocycles. The Hall–Kier alpha value is -0.673. The van der Waals surface area contributed by atoms with Gasteiger partial charge in [0.15, 0.2) is 5.65 Å². The first kappa shape index (κ1) is 28.4. The number of hydrogen-bond donors (Lipinski definition) is 0. The van der Waals surface area contributed by atoms with Gasteiger partial charge in [-0.25, -0.2) is 14.5 Å². The molecule has 0 aliphatic rings. The van der Waals surface area contributed by atoms with Crippen molar-refractivity contribution in [3.05, 3.63) is 39.7 Å². The average molecular weight is 499 g/mol. The van der Waals surface area contributed by atoms with E-state index in [4.69, 9.17) is 15.1 Å². The molecular formula is C24H36BrLiN4S. The molecular weight excluding hydrogens is 463 g/mol. The van der Waals surface area contributed by atoms with Gasteiger partial charge in [0.05, 0.1) is 21.1 Å². The standard InChI is InChI=1S/C20H27BrN4S.C4H9.Li/c1-6-9-10-16-23-19(21)18(26-16)17-13(5)24-25-15(14(7-2)8-3)11-12(4)22-20(17)25;1-3-4-2;/h11,14H,6-10H2,1-5H3;1,3-4H2,2H3;/q;-1;+1. The predicted molar refractivity (Wildman–Crippen MR) is 133 cm³/mol. The second kappa shape index (κ2) is 13.8. The molecule has 0 fully saturated rings. The van der Waals surface area contributed by atoms with Gasteiger partial charge in [-0.05, 0) is 61.5 Å². The summed E-state index contributed by atoms with van der Waals surface area (Å²) in [6.07, 6.45) is 7.87. The Bertz CT molecular complexity index is 945. The Morgan fingerprint density at radius 2 is 1.74 bits per heavy atom. The molecule has 0 saturated heterocycles.